The van der Waals surface area contributed by atoms with Gasteiger partial charge in [0.1, 0.15) is 0 Å². The summed E-state index contributed by atoms with van der Waals surface area (Å²) < 4.78 is 0. The maximum atomic E-state index is 4.02. The molecule has 0 aliphatic rings. The molecule has 4 rings (SSSR count). The van der Waals surface area contributed by atoms with Crippen LogP contribution in [0.25, 0.3) is 22.3 Å². The van der Waals surface area contributed by atoms with E-state index in [1.54, 1.807) is 6.08 Å². The highest BCUT2D eigenvalue weighted by atomic mass is 15.1. The largest absolute Gasteiger partial charge is 0.311 e. The van der Waals surface area contributed by atoms with Gasteiger partial charge < -0.3 is 4.90 Å². The van der Waals surface area contributed by atoms with Gasteiger partial charge in [0.15, 0.2) is 0 Å². The van der Waals surface area contributed by atoms with E-state index in [0.717, 1.165) is 17.1 Å². The van der Waals surface area contributed by atoms with E-state index in [0.29, 0.717) is 0 Å². The predicted octanol–water partition coefficient (Wildman–Crippen LogP) is 8.41. The van der Waals surface area contributed by atoms with Gasteiger partial charge in [0.05, 0.1) is 0 Å². The summed E-state index contributed by atoms with van der Waals surface area (Å²) in [5.74, 6) is 0. The Labute approximate surface area is 184 Å². The Hall–Kier alpha value is -4.10. The lowest BCUT2D eigenvalue weighted by Crippen LogP contribution is -2.14. The molecule has 0 saturated heterocycles. The smallest absolute Gasteiger partial charge is 0.0462 e. The molecule has 0 N–H and O–H groups in total. The fourth-order valence-electron chi connectivity index (χ4n) is 3.67. The zero-order valence-corrected chi connectivity index (χ0v) is 17.5. The average molecular weight is 400 g/mol. The van der Waals surface area contributed by atoms with Gasteiger partial charge in [0.25, 0.3) is 0 Å². The molecule has 0 atom stereocenters. The molecule has 1 heteroatoms. The van der Waals surface area contributed by atoms with Crippen molar-refractivity contribution in [3.8, 4) is 22.3 Å². The van der Waals surface area contributed by atoms with E-state index in [-0.39, 0.29) is 0 Å². The molecule has 0 aliphatic heterocycles. The molecular formula is C30H25N. The van der Waals surface area contributed by atoms with Gasteiger partial charge in [-0.15, -0.1) is 0 Å². The van der Waals surface area contributed by atoms with Crippen LogP contribution < -0.4 is 4.90 Å². The summed E-state index contributed by atoms with van der Waals surface area (Å²) in [7, 11) is 0. The van der Waals surface area contributed by atoms with Crippen LogP contribution in [0.15, 0.2) is 146 Å². The van der Waals surface area contributed by atoms with E-state index in [4.69, 9.17) is 0 Å². The minimum Gasteiger partial charge on any atom is -0.311 e. The highest BCUT2D eigenvalue weighted by Gasteiger charge is 2.13. The average Bonchev–Trinajstić information content (AvgIpc) is 2.85. The first-order chi connectivity index (χ1) is 15.3. The Kier molecular flexibility index (Phi) is 6.25. The van der Waals surface area contributed by atoms with E-state index in [1.165, 1.54) is 22.3 Å². The second-order valence-electron chi connectivity index (χ2n) is 7.19. The summed E-state index contributed by atoms with van der Waals surface area (Å²) in [6.07, 6.45) is 5.63. The summed E-state index contributed by atoms with van der Waals surface area (Å²) in [4.78, 5) is 2.19. The molecule has 31 heavy (non-hydrogen) atoms. The van der Waals surface area contributed by atoms with Gasteiger partial charge in [-0.1, -0.05) is 104 Å². The molecule has 4 aromatic rings. The molecule has 150 valence electrons. The maximum absolute atomic E-state index is 4.02. The first-order valence-corrected chi connectivity index (χ1v) is 10.4. The molecular weight excluding hydrogens is 374 g/mol. The van der Waals surface area contributed by atoms with Crippen LogP contribution in [0.5, 0.6) is 0 Å². The third-order valence-corrected chi connectivity index (χ3v) is 5.22. The fraction of sp³-hybridized carbons (Fsp3) is 0. The third-order valence-electron chi connectivity index (χ3n) is 5.22. The molecule has 0 saturated carbocycles. The van der Waals surface area contributed by atoms with E-state index < -0.39 is 0 Å². The van der Waals surface area contributed by atoms with E-state index in [2.05, 4.69) is 115 Å². The number of allylic oxidation sites excluding steroid dienone is 3. The molecule has 1 nitrogen and oxygen atoms in total. The molecule has 0 fully saturated rings. The van der Waals surface area contributed by atoms with Crippen molar-refractivity contribution in [3.63, 3.8) is 0 Å². The predicted molar refractivity (Wildman–Crippen MR) is 134 cm³/mol. The normalized spacial score (nSPS) is 11.0. The van der Waals surface area contributed by atoms with Crippen LogP contribution in [0, 0.1) is 0 Å². The summed E-state index contributed by atoms with van der Waals surface area (Å²) >= 11 is 0. The van der Waals surface area contributed by atoms with Crippen molar-refractivity contribution in [2.45, 2.75) is 0 Å². The standard InChI is InChI=1S/C30H25N/c1-3-11-28(4-2)31(29-20-16-26(17-21-29)24-12-7-5-8-13-24)30-22-18-27(19-23-30)25-14-9-6-10-15-25/h3-23H,1-2H2/b28-11+. The second-order valence-corrected chi connectivity index (χ2v) is 7.19. The quantitative estimate of drug-likeness (QED) is 0.282. The monoisotopic (exact) mass is 399 g/mol. The van der Waals surface area contributed by atoms with Gasteiger partial charge in [-0.05, 0) is 58.7 Å². The number of anilines is 2. The molecule has 0 aromatic heterocycles. The van der Waals surface area contributed by atoms with E-state index >= 15 is 0 Å². The van der Waals surface area contributed by atoms with Crippen LogP contribution in [-0.4, -0.2) is 0 Å². The molecule has 4 aromatic carbocycles. The Balaban J connectivity index is 1.72. The zero-order valence-electron chi connectivity index (χ0n) is 17.5. The zero-order chi connectivity index (χ0) is 21.5. The molecule has 0 amide bonds. The van der Waals surface area contributed by atoms with E-state index in [9.17, 15) is 0 Å². The Morgan fingerprint density at radius 3 is 1.26 bits per heavy atom. The Morgan fingerprint density at radius 2 is 0.903 bits per heavy atom. The second kappa shape index (κ2) is 9.60. The van der Waals surface area contributed by atoms with Crippen molar-refractivity contribution in [2.75, 3.05) is 4.90 Å². The van der Waals surface area contributed by atoms with Gasteiger partial charge in [-0.2, -0.15) is 0 Å². The summed E-state index contributed by atoms with van der Waals surface area (Å²) in [5.41, 5.74) is 7.90. The number of benzene rings is 4. The van der Waals surface area contributed by atoms with Crippen molar-refractivity contribution >= 4 is 11.4 Å². The lowest BCUT2D eigenvalue weighted by Gasteiger charge is -2.26. The minimum absolute atomic E-state index is 0.968. The first kappa shape index (κ1) is 20.2. The van der Waals surface area contributed by atoms with Crippen molar-refractivity contribution in [1.82, 2.24) is 0 Å². The van der Waals surface area contributed by atoms with Crippen molar-refractivity contribution in [1.29, 1.82) is 0 Å². The van der Waals surface area contributed by atoms with Crippen LogP contribution in [0.3, 0.4) is 0 Å². The van der Waals surface area contributed by atoms with Crippen LogP contribution in [0.2, 0.25) is 0 Å². The van der Waals surface area contributed by atoms with Crippen LogP contribution >= 0.6 is 0 Å². The van der Waals surface area contributed by atoms with Gasteiger partial charge >= 0.3 is 0 Å². The minimum atomic E-state index is 0.968. The fourth-order valence-corrected chi connectivity index (χ4v) is 3.67. The number of hydrogen-bond acceptors (Lipinski definition) is 1. The summed E-state index contributed by atoms with van der Waals surface area (Å²) in [6, 6.07) is 38.0. The van der Waals surface area contributed by atoms with Gasteiger partial charge in [-0.25, -0.2) is 0 Å². The molecule has 0 aliphatic carbocycles. The molecule has 0 spiro atoms. The van der Waals surface area contributed by atoms with Gasteiger partial charge in [-0.3, -0.25) is 0 Å². The summed E-state index contributed by atoms with van der Waals surface area (Å²) in [6.45, 7) is 7.90. The van der Waals surface area contributed by atoms with E-state index in [1.807, 2.05) is 24.3 Å². The van der Waals surface area contributed by atoms with Crippen LogP contribution in [-0.2, 0) is 0 Å². The SMILES string of the molecule is C=C/C=C(\C=C)N(c1ccc(-c2ccccc2)cc1)c1ccc(-c2ccccc2)cc1. The molecule has 0 heterocycles. The Bertz CT molecular complexity index is 1090. The highest BCUT2D eigenvalue weighted by molar-refractivity contribution is 5.75. The first-order valence-electron chi connectivity index (χ1n) is 10.4. The number of nitrogens with zero attached hydrogens (tertiary/aromatic N) is 1. The number of hydrogen-bond donors (Lipinski definition) is 0. The van der Waals surface area contributed by atoms with Crippen molar-refractivity contribution in [2.24, 2.45) is 0 Å². The lowest BCUT2D eigenvalue weighted by atomic mass is 10.0. The van der Waals surface area contributed by atoms with Crippen LogP contribution in [0.1, 0.15) is 0 Å². The van der Waals surface area contributed by atoms with Crippen molar-refractivity contribution in [3.05, 3.63) is 146 Å². The Morgan fingerprint density at radius 1 is 0.516 bits per heavy atom. The molecule has 0 bridgehead atoms. The van der Waals surface area contributed by atoms with Gasteiger partial charge in [0.2, 0.25) is 0 Å². The summed E-state index contributed by atoms with van der Waals surface area (Å²) in [5, 5.41) is 0. The third kappa shape index (κ3) is 4.57. The maximum Gasteiger partial charge on any atom is 0.0462 e. The topological polar surface area (TPSA) is 3.24 Å². The van der Waals surface area contributed by atoms with Crippen LogP contribution in [0.4, 0.5) is 11.4 Å². The van der Waals surface area contributed by atoms with Crippen molar-refractivity contribution < 1.29 is 0 Å². The lowest BCUT2D eigenvalue weighted by molar-refractivity contribution is 1.21. The molecule has 0 unspecified atom stereocenters. The van der Waals surface area contributed by atoms with Gasteiger partial charge in [0, 0.05) is 17.1 Å². The highest BCUT2D eigenvalue weighted by Crippen LogP contribution is 2.33. The molecule has 0 radical (unpaired) electrons. The number of rotatable bonds is 7.